The van der Waals surface area contributed by atoms with Crippen molar-refractivity contribution in [3.05, 3.63) is 87.5 Å². The van der Waals surface area contributed by atoms with Crippen molar-refractivity contribution < 1.29 is 19.1 Å². The van der Waals surface area contributed by atoms with E-state index in [1.807, 2.05) is 14.4 Å². The van der Waals surface area contributed by atoms with Crippen LogP contribution in [-0.2, 0) is 27.3 Å². The van der Waals surface area contributed by atoms with Gasteiger partial charge in [0.15, 0.2) is 0 Å². The van der Waals surface area contributed by atoms with E-state index in [1.54, 1.807) is 4.70 Å². The molecule has 1 aliphatic rings. The summed E-state index contributed by atoms with van der Waals surface area (Å²) in [6, 6.07) is 18.1. The summed E-state index contributed by atoms with van der Waals surface area (Å²) in [6.45, 7) is 13.7. The van der Waals surface area contributed by atoms with Crippen molar-refractivity contribution in [3.63, 3.8) is 0 Å². The van der Waals surface area contributed by atoms with Crippen LogP contribution in [0, 0.1) is 0 Å². The van der Waals surface area contributed by atoms with E-state index in [1.165, 1.54) is 378 Å². The molecule has 0 saturated heterocycles. The maximum atomic E-state index is 12.0. The third-order valence-corrected chi connectivity index (χ3v) is 20.5. The van der Waals surface area contributed by atoms with Gasteiger partial charge >= 0.3 is 166 Å². The second-order valence-electron chi connectivity index (χ2n) is 27.5. The van der Waals surface area contributed by atoms with Gasteiger partial charge in [-0.25, -0.2) is 4.70 Å². The fourth-order valence-electron chi connectivity index (χ4n) is 13.4. The summed E-state index contributed by atoms with van der Waals surface area (Å²) >= 11 is 2.05. The molecule has 0 bridgehead atoms. The molecule has 0 amide bonds. The molecular formula is C84H150N2Ni. The average Bonchev–Trinajstić information content (AvgIpc) is 1.85. The van der Waals surface area contributed by atoms with Gasteiger partial charge in [-0.05, 0) is 86.8 Å². The van der Waals surface area contributed by atoms with Crippen LogP contribution < -0.4 is 0 Å². The van der Waals surface area contributed by atoms with Crippen molar-refractivity contribution in [3.8, 4) is 0 Å². The molecule has 2 aromatic carbocycles. The minimum absolute atomic E-state index is 1.02. The molecule has 2 nitrogen and oxygen atoms in total. The molecule has 87 heavy (non-hydrogen) atoms. The minimum Gasteiger partial charge on any atom is -0.493 e. The number of hydrogen-bond acceptors (Lipinski definition) is 0. The van der Waals surface area contributed by atoms with Gasteiger partial charge < -0.3 is 5.53 Å². The fraction of sp³-hybridized carbons (Fsp3) is 0.810. The van der Waals surface area contributed by atoms with Crippen LogP contribution >= 0.6 is 0 Å². The van der Waals surface area contributed by atoms with Crippen molar-refractivity contribution in [1.29, 1.82) is 0 Å². The van der Waals surface area contributed by atoms with Gasteiger partial charge in [0.05, 0.1) is 0 Å². The summed E-state index contributed by atoms with van der Waals surface area (Å²) in [5.74, 6) is 0. The maximum absolute atomic E-state index is 12.0. The zero-order valence-electron chi connectivity index (χ0n) is 59.7. The monoisotopic (exact) mass is 1250 g/mol. The molecule has 0 N–H and O–H groups in total. The molecular weight excluding hydrogens is 1100 g/mol. The number of aryl methyl sites for hydroxylation is 2. The van der Waals surface area contributed by atoms with Crippen molar-refractivity contribution in [2.75, 3.05) is 0 Å². The quantitative estimate of drug-likeness (QED) is 0.0358. The average molecular weight is 1250 g/mol. The summed E-state index contributed by atoms with van der Waals surface area (Å²) < 4.78 is 1.57. The molecule has 0 radical (unpaired) electrons. The van der Waals surface area contributed by atoms with Crippen LogP contribution in [0.4, 0.5) is 0 Å². The molecule has 1 heterocycles. The first kappa shape index (κ1) is 81.1. The van der Waals surface area contributed by atoms with Crippen molar-refractivity contribution in [1.82, 2.24) is 0 Å². The molecule has 3 rings (SSSR count). The molecule has 0 saturated carbocycles. The third-order valence-electron chi connectivity index (χ3n) is 19.1. The number of unbranched alkanes of at least 4 members (excludes halogenated alkanes) is 50. The Morgan fingerprint density at radius 2 is 0.471 bits per heavy atom. The number of benzene rings is 2. The number of nitrogens with zero attached hydrogens (tertiary/aromatic N) is 2. The summed E-state index contributed by atoms with van der Waals surface area (Å²) in [4.78, 5) is 0. The van der Waals surface area contributed by atoms with Gasteiger partial charge in [0.25, 0.3) is 0 Å². The molecule has 0 fully saturated rings. The van der Waals surface area contributed by atoms with Crippen LogP contribution in [-0.4, -0.2) is 4.70 Å². The Bertz CT molecular complexity index is 1740. The van der Waals surface area contributed by atoms with Crippen molar-refractivity contribution in [2.24, 2.45) is 0 Å². The first-order valence-electron chi connectivity index (χ1n) is 39.6. The standard InChI is InChI=1S/C40H60N2.2C22H45.Ni/c1-5-9-13-15-17-19-23-33-25-21-27-35(31-33)39-37(29-11-7-3)38(30-12-8-4)40(42(39)41)36-28-22-26-34(32-36)24-20-18-16-14-10-6-2;2*1-3-5-7-9-11-13-15-17-19-21-22-20-18-16-14-12-10-8-6-4-2;/h21-22,25-28,31-32H,5-20,23-24,29-30H2,1-4H3;2*1,3-22H2,2H3;. The molecule has 0 aliphatic carbocycles. The second-order valence-corrected chi connectivity index (χ2v) is 29.0. The van der Waals surface area contributed by atoms with Crippen LogP contribution in [0.2, 0.25) is 10.8 Å². The van der Waals surface area contributed by atoms with E-state index in [0.717, 1.165) is 62.8 Å². The van der Waals surface area contributed by atoms with E-state index in [-0.39, 0.29) is 0 Å². The van der Waals surface area contributed by atoms with E-state index in [9.17, 15) is 5.53 Å². The molecule has 3 heteroatoms. The van der Waals surface area contributed by atoms with Crippen LogP contribution in [0.15, 0.2) is 59.7 Å². The van der Waals surface area contributed by atoms with Crippen LogP contribution in [0.25, 0.3) is 16.9 Å². The summed E-state index contributed by atoms with van der Waals surface area (Å²) in [7, 11) is 0. The molecule has 1 aliphatic heterocycles. The number of rotatable bonds is 64. The summed E-state index contributed by atoms with van der Waals surface area (Å²) in [5, 5.41) is 2.87. The minimum atomic E-state index is 1.02. The van der Waals surface area contributed by atoms with Crippen molar-refractivity contribution in [2.45, 2.75) is 438 Å². The van der Waals surface area contributed by atoms with E-state index < -0.39 is 0 Å². The predicted octanol–water partition coefficient (Wildman–Crippen LogP) is 30.6. The van der Waals surface area contributed by atoms with Gasteiger partial charge in [-0.3, -0.25) is 0 Å². The van der Waals surface area contributed by atoms with E-state index in [2.05, 4.69) is 90.1 Å². The molecule has 0 atom stereocenters. The Balaban J connectivity index is 0.000000594. The van der Waals surface area contributed by atoms with Gasteiger partial charge in [-0.1, -0.05) is 258 Å². The Hall–Kier alpha value is -1.99. The topological polar surface area (TPSA) is 25.3 Å². The van der Waals surface area contributed by atoms with Crippen LogP contribution in [0.5, 0.6) is 0 Å². The molecule has 2 aromatic rings. The van der Waals surface area contributed by atoms with Crippen molar-refractivity contribution >= 4 is 11.4 Å². The second kappa shape index (κ2) is 62.8. The Kier molecular flexibility index (Phi) is 58.5. The van der Waals surface area contributed by atoms with E-state index in [4.69, 9.17) is 0 Å². The molecule has 0 spiro atoms. The summed E-state index contributed by atoms with van der Waals surface area (Å²) in [5.41, 5.74) is 21.9. The van der Waals surface area contributed by atoms with Gasteiger partial charge in [-0.2, -0.15) is 0 Å². The van der Waals surface area contributed by atoms with Crippen LogP contribution in [0.1, 0.15) is 436 Å². The number of hydrogen-bond donors (Lipinski definition) is 0. The van der Waals surface area contributed by atoms with Gasteiger partial charge in [0.1, 0.15) is 0 Å². The Morgan fingerprint density at radius 3 is 0.713 bits per heavy atom. The van der Waals surface area contributed by atoms with Gasteiger partial charge in [0.2, 0.25) is 11.4 Å². The van der Waals surface area contributed by atoms with Gasteiger partial charge in [-0.15, -0.1) is 0 Å². The van der Waals surface area contributed by atoms with Crippen LogP contribution in [0.3, 0.4) is 0 Å². The Morgan fingerprint density at radius 1 is 0.253 bits per heavy atom. The Labute approximate surface area is 552 Å². The summed E-state index contributed by atoms with van der Waals surface area (Å²) in [6.07, 6.45) is 83.9. The van der Waals surface area contributed by atoms with Gasteiger partial charge in [0, 0.05) is 22.3 Å². The zero-order chi connectivity index (χ0) is 62.4. The zero-order valence-corrected chi connectivity index (χ0v) is 60.7. The third kappa shape index (κ3) is 45.0. The first-order chi connectivity index (χ1) is 43.1. The van der Waals surface area contributed by atoms with E-state index in [0.29, 0.717) is 0 Å². The molecule has 0 aromatic heterocycles. The smallest absolute Gasteiger partial charge is 0.493 e. The fourth-order valence-corrected chi connectivity index (χ4v) is 14.6. The number of allylic oxidation sites excluding steroid dienone is 2. The predicted molar refractivity (Wildman–Crippen MR) is 389 cm³/mol. The normalized spacial score (nSPS) is 12.6. The SMILES string of the molecule is CCCCCCCCCCCCCCCCCCCCC[CH2][Ni][CH2]CCCCCCCCCCCCCCCCCCCCC.CCCCCCCCc1cccc(C2=C(CCCC)C(CCCC)=C(c3cccc(CCCCCCCC)c3)[N+]2=[N-])c1. The van der Waals surface area contributed by atoms with E-state index >= 15 is 0 Å². The molecule has 0 unspecified atom stereocenters. The molecule has 506 valence electrons. The first-order valence-corrected chi connectivity index (χ1v) is 41.0.